The predicted octanol–water partition coefficient (Wildman–Crippen LogP) is 3.20. The van der Waals surface area contributed by atoms with Crippen molar-refractivity contribution < 1.29 is 14.1 Å². The van der Waals surface area contributed by atoms with E-state index in [0.717, 1.165) is 5.56 Å². The molecule has 24 heavy (non-hydrogen) atoms. The first-order chi connectivity index (χ1) is 11.4. The van der Waals surface area contributed by atoms with Crippen molar-refractivity contribution in [2.24, 2.45) is 4.36 Å². The highest BCUT2D eigenvalue weighted by atomic mass is 35.5. The second-order valence-corrected chi connectivity index (χ2v) is 7.34. The first kappa shape index (κ1) is 18.3. The monoisotopic (exact) mass is 367 g/mol. The van der Waals surface area contributed by atoms with E-state index in [2.05, 4.69) is 14.4 Å². The van der Waals surface area contributed by atoms with E-state index in [1.165, 1.54) is 0 Å². The number of benzene rings is 2. The van der Waals surface area contributed by atoms with E-state index in [-0.39, 0.29) is 13.2 Å². The average molecular weight is 368 g/mol. The van der Waals surface area contributed by atoms with Crippen LogP contribution in [0.15, 0.2) is 57.8 Å². The SMILES string of the molecule is Cc1ccc(S(=O)(=NC(=O)NCCO)Nc2ccc(Cl)cc2)cc1. The van der Waals surface area contributed by atoms with Gasteiger partial charge in [0.2, 0.25) is 0 Å². The number of aliphatic hydroxyl groups excluding tert-OH is 1. The van der Waals surface area contributed by atoms with Crippen LogP contribution < -0.4 is 10.0 Å². The maximum Gasteiger partial charge on any atom is 0.350 e. The van der Waals surface area contributed by atoms with Gasteiger partial charge < -0.3 is 10.4 Å². The Labute approximate surface area is 146 Å². The van der Waals surface area contributed by atoms with Crippen molar-refractivity contribution in [3.63, 3.8) is 0 Å². The van der Waals surface area contributed by atoms with Crippen LogP contribution in [0, 0.1) is 6.92 Å². The van der Waals surface area contributed by atoms with Crippen LogP contribution >= 0.6 is 11.6 Å². The summed E-state index contributed by atoms with van der Waals surface area (Å²) in [4.78, 5) is 12.3. The molecule has 0 radical (unpaired) electrons. The van der Waals surface area contributed by atoms with Crippen LogP contribution in [0.3, 0.4) is 0 Å². The lowest BCUT2D eigenvalue weighted by Crippen LogP contribution is -2.26. The Hall–Kier alpha value is -2.09. The first-order valence-electron chi connectivity index (χ1n) is 7.19. The van der Waals surface area contributed by atoms with Crippen molar-refractivity contribution in [2.75, 3.05) is 17.9 Å². The molecule has 2 aromatic carbocycles. The average Bonchev–Trinajstić information content (AvgIpc) is 2.55. The summed E-state index contributed by atoms with van der Waals surface area (Å²) < 4.78 is 19.9. The lowest BCUT2D eigenvalue weighted by molar-refractivity contribution is 0.242. The zero-order valence-electron chi connectivity index (χ0n) is 13.0. The van der Waals surface area contributed by atoms with Gasteiger partial charge in [0.15, 0.2) is 9.92 Å². The number of hydrogen-bond donors (Lipinski definition) is 3. The molecule has 0 aliphatic rings. The molecule has 2 amide bonds. The standard InChI is InChI=1S/C16H18ClN3O3S/c1-12-2-8-15(9-3-12)24(23,20-16(22)18-10-11-21)19-14-6-4-13(17)5-7-14/h2-9,21H,10-11H2,1H3,(H2,18,19,20,22,23). The second-order valence-electron chi connectivity index (χ2n) is 4.99. The van der Waals surface area contributed by atoms with Crippen molar-refractivity contribution in [3.8, 4) is 0 Å². The molecule has 0 aromatic heterocycles. The van der Waals surface area contributed by atoms with E-state index in [4.69, 9.17) is 16.7 Å². The molecule has 2 aromatic rings. The van der Waals surface area contributed by atoms with Crippen LogP contribution in [0.2, 0.25) is 5.02 Å². The zero-order valence-corrected chi connectivity index (χ0v) is 14.6. The highest BCUT2D eigenvalue weighted by Gasteiger charge is 2.15. The van der Waals surface area contributed by atoms with E-state index in [0.29, 0.717) is 15.6 Å². The van der Waals surface area contributed by atoms with Gasteiger partial charge in [-0.3, -0.25) is 4.72 Å². The molecule has 0 heterocycles. The number of urea groups is 1. The molecular formula is C16H18ClN3O3S. The lowest BCUT2D eigenvalue weighted by Gasteiger charge is -2.13. The third kappa shape index (κ3) is 4.95. The first-order valence-corrected chi connectivity index (χ1v) is 9.08. The molecule has 128 valence electrons. The number of nitrogens with zero attached hydrogens (tertiary/aromatic N) is 1. The highest BCUT2D eigenvalue weighted by Crippen LogP contribution is 2.20. The smallest absolute Gasteiger partial charge is 0.350 e. The summed E-state index contributed by atoms with van der Waals surface area (Å²) in [6.45, 7) is 1.72. The summed E-state index contributed by atoms with van der Waals surface area (Å²) >= 11 is 5.85. The minimum atomic E-state index is -3.24. The number of amides is 2. The lowest BCUT2D eigenvalue weighted by atomic mass is 10.2. The maximum absolute atomic E-state index is 13.3. The summed E-state index contributed by atoms with van der Waals surface area (Å²) in [5.74, 6) is 0. The Morgan fingerprint density at radius 3 is 2.38 bits per heavy atom. The van der Waals surface area contributed by atoms with E-state index in [9.17, 15) is 9.00 Å². The van der Waals surface area contributed by atoms with Crippen LogP contribution in [0.5, 0.6) is 0 Å². The molecule has 0 bridgehead atoms. The van der Waals surface area contributed by atoms with Gasteiger partial charge in [-0.25, -0.2) is 9.00 Å². The molecule has 0 aliphatic heterocycles. The van der Waals surface area contributed by atoms with Crippen molar-refractivity contribution in [3.05, 3.63) is 59.1 Å². The van der Waals surface area contributed by atoms with Gasteiger partial charge in [-0.1, -0.05) is 29.3 Å². The number of carbonyl (C=O) groups excluding carboxylic acids is 1. The van der Waals surface area contributed by atoms with E-state index >= 15 is 0 Å². The minimum Gasteiger partial charge on any atom is -0.395 e. The molecule has 0 saturated carbocycles. The molecule has 3 N–H and O–H groups in total. The number of halogens is 1. The molecule has 0 aliphatic carbocycles. The Morgan fingerprint density at radius 1 is 1.17 bits per heavy atom. The second kappa shape index (κ2) is 8.14. The normalized spacial score (nSPS) is 13.0. The fourth-order valence-corrected chi connectivity index (χ4v) is 3.50. The predicted molar refractivity (Wildman–Crippen MR) is 95.6 cm³/mol. The summed E-state index contributed by atoms with van der Waals surface area (Å²) in [5, 5.41) is 11.7. The highest BCUT2D eigenvalue weighted by molar-refractivity contribution is 7.95. The van der Waals surface area contributed by atoms with Crippen LogP contribution in [0.1, 0.15) is 5.56 Å². The topological polar surface area (TPSA) is 90.8 Å². The van der Waals surface area contributed by atoms with Gasteiger partial charge in [0, 0.05) is 17.3 Å². The summed E-state index contributed by atoms with van der Waals surface area (Å²) in [6.07, 6.45) is 0. The molecule has 1 atom stereocenters. The van der Waals surface area contributed by atoms with E-state index in [1.54, 1.807) is 48.5 Å². The quantitative estimate of drug-likeness (QED) is 0.757. The van der Waals surface area contributed by atoms with Gasteiger partial charge in [-0.05, 0) is 43.3 Å². The zero-order chi connectivity index (χ0) is 17.6. The van der Waals surface area contributed by atoms with Crippen molar-refractivity contribution in [1.29, 1.82) is 0 Å². The van der Waals surface area contributed by atoms with Crippen LogP contribution in [-0.2, 0) is 9.92 Å². The third-order valence-electron chi connectivity index (χ3n) is 3.04. The van der Waals surface area contributed by atoms with Crippen LogP contribution in [0.25, 0.3) is 0 Å². The van der Waals surface area contributed by atoms with Gasteiger partial charge >= 0.3 is 6.03 Å². The molecule has 2 rings (SSSR count). The summed E-state index contributed by atoms with van der Waals surface area (Å²) in [5.41, 5.74) is 1.51. The minimum absolute atomic E-state index is 0.0344. The van der Waals surface area contributed by atoms with Gasteiger partial charge in [0.25, 0.3) is 0 Å². The number of nitrogens with one attached hydrogen (secondary N) is 2. The Balaban J connectivity index is 2.42. The van der Waals surface area contributed by atoms with Gasteiger partial charge in [-0.2, -0.15) is 0 Å². The molecule has 1 unspecified atom stereocenters. The fraction of sp³-hybridized carbons (Fsp3) is 0.188. The van der Waals surface area contributed by atoms with E-state index < -0.39 is 15.9 Å². The summed E-state index contributed by atoms with van der Waals surface area (Å²) in [7, 11) is -3.24. The van der Waals surface area contributed by atoms with E-state index in [1.807, 2.05) is 6.92 Å². The number of rotatable bonds is 5. The van der Waals surface area contributed by atoms with Crippen molar-refractivity contribution in [1.82, 2.24) is 5.32 Å². The molecule has 6 nitrogen and oxygen atoms in total. The van der Waals surface area contributed by atoms with Gasteiger partial charge in [0.05, 0.1) is 11.5 Å². The molecular weight excluding hydrogens is 350 g/mol. The van der Waals surface area contributed by atoms with Crippen LogP contribution in [0.4, 0.5) is 10.5 Å². The van der Waals surface area contributed by atoms with Crippen LogP contribution in [-0.4, -0.2) is 28.5 Å². The van der Waals surface area contributed by atoms with Gasteiger partial charge in [-0.15, -0.1) is 4.36 Å². The number of aryl methyl sites for hydroxylation is 1. The maximum atomic E-state index is 13.3. The Bertz CT molecular complexity index is 813. The molecule has 8 heteroatoms. The van der Waals surface area contributed by atoms with Gasteiger partial charge in [0.1, 0.15) is 0 Å². The van der Waals surface area contributed by atoms with Crippen molar-refractivity contribution in [2.45, 2.75) is 11.8 Å². The molecule has 0 saturated heterocycles. The Morgan fingerprint density at radius 2 is 1.79 bits per heavy atom. The fourth-order valence-electron chi connectivity index (χ4n) is 1.85. The number of carbonyl (C=O) groups is 1. The number of hydrogen-bond acceptors (Lipinski definition) is 3. The number of aliphatic hydroxyl groups is 1. The largest absolute Gasteiger partial charge is 0.395 e. The molecule has 0 spiro atoms. The third-order valence-corrected chi connectivity index (χ3v) is 5.14. The summed E-state index contributed by atoms with van der Waals surface area (Å²) in [6, 6.07) is 12.7. The molecule has 0 fully saturated rings. The number of anilines is 1. The Kier molecular flexibility index (Phi) is 6.19. The van der Waals surface area contributed by atoms with Crippen molar-refractivity contribution >= 4 is 33.2 Å².